The molecule has 0 heterocycles. The van der Waals surface area contributed by atoms with Gasteiger partial charge < -0.3 is 20.1 Å². The Morgan fingerprint density at radius 2 is 1.39 bits per heavy atom. The SMILES string of the molecule is CCCOc1ccc(C(=O)Nc2cccc(NC(=O)c3ccccc3)c2)cc1OCC. The minimum atomic E-state index is -0.283. The van der Waals surface area contributed by atoms with Crippen molar-refractivity contribution in [3.63, 3.8) is 0 Å². The van der Waals surface area contributed by atoms with Crippen LogP contribution < -0.4 is 20.1 Å². The summed E-state index contributed by atoms with van der Waals surface area (Å²) in [6, 6.07) is 21.1. The summed E-state index contributed by atoms with van der Waals surface area (Å²) in [5, 5.41) is 5.69. The number of hydrogen-bond donors (Lipinski definition) is 2. The molecule has 0 bridgehead atoms. The van der Waals surface area contributed by atoms with Crippen LogP contribution in [-0.2, 0) is 0 Å². The van der Waals surface area contributed by atoms with E-state index in [2.05, 4.69) is 10.6 Å². The van der Waals surface area contributed by atoms with Crippen LogP contribution in [0.5, 0.6) is 11.5 Å². The lowest BCUT2D eigenvalue weighted by molar-refractivity contribution is 0.101. The van der Waals surface area contributed by atoms with Gasteiger partial charge in [0.15, 0.2) is 11.5 Å². The van der Waals surface area contributed by atoms with Crippen molar-refractivity contribution >= 4 is 23.2 Å². The molecule has 3 aromatic carbocycles. The van der Waals surface area contributed by atoms with Gasteiger partial charge in [0.1, 0.15) is 0 Å². The van der Waals surface area contributed by atoms with Crippen molar-refractivity contribution in [2.24, 2.45) is 0 Å². The summed E-state index contributed by atoms with van der Waals surface area (Å²) in [4.78, 5) is 25.1. The monoisotopic (exact) mass is 418 g/mol. The van der Waals surface area contributed by atoms with Gasteiger partial charge in [-0.25, -0.2) is 0 Å². The van der Waals surface area contributed by atoms with Crippen molar-refractivity contribution in [3.05, 3.63) is 83.9 Å². The molecule has 0 atom stereocenters. The van der Waals surface area contributed by atoms with E-state index < -0.39 is 0 Å². The molecule has 2 amide bonds. The molecule has 0 unspecified atom stereocenters. The summed E-state index contributed by atoms with van der Waals surface area (Å²) >= 11 is 0. The zero-order valence-electron chi connectivity index (χ0n) is 17.7. The molecule has 0 radical (unpaired) electrons. The molecule has 0 aliphatic carbocycles. The van der Waals surface area contributed by atoms with E-state index >= 15 is 0 Å². The fourth-order valence-corrected chi connectivity index (χ4v) is 2.92. The lowest BCUT2D eigenvalue weighted by atomic mass is 10.1. The Balaban J connectivity index is 1.71. The lowest BCUT2D eigenvalue weighted by Gasteiger charge is -2.13. The van der Waals surface area contributed by atoms with Gasteiger partial charge in [-0.05, 0) is 61.9 Å². The molecule has 3 rings (SSSR count). The van der Waals surface area contributed by atoms with Crippen molar-refractivity contribution in [2.45, 2.75) is 20.3 Å². The average molecular weight is 418 g/mol. The standard InChI is InChI=1S/C25H26N2O4/c1-3-15-31-22-14-13-19(16-23(22)30-4-2)25(29)27-21-12-8-11-20(17-21)26-24(28)18-9-6-5-7-10-18/h5-14,16-17H,3-4,15H2,1-2H3,(H,26,28)(H,27,29). The molecule has 2 N–H and O–H groups in total. The number of carbonyl (C=O) groups excluding carboxylic acids is 2. The highest BCUT2D eigenvalue weighted by atomic mass is 16.5. The van der Waals surface area contributed by atoms with E-state index in [1.165, 1.54) is 0 Å². The Kier molecular flexibility index (Phi) is 7.65. The van der Waals surface area contributed by atoms with Crippen LogP contribution in [0.4, 0.5) is 11.4 Å². The van der Waals surface area contributed by atoms with E-state index in [1.54, 1.807) is 66.7 Å². The molecule has 0 saturated carbocycles. The van der Waals surface area contributed by atoms with Crippen molar-refractivity contribution in [1.29, 1.82) is 0 Å². The number of anilines is 2. The zero-order chi connectivity index (χ0) is 22.1. The van der Waals surface area contributed by atoms with Crippen LogP contribution in [0.3, 0.4) is 0 Å². The summed E-state index contributed by atoms with van der Waals surface area (Å²) < 4.78 is 11.3. The third-order valence-corrected chi connectivity index (χ3v) is 4.38. The molecule has 31 heavy (non-hydrogen) atoms. The molecular weight excluding hydrogens is 392 g/mol. The normalized spacial score (nSPS) is 10.3. The Morgan fingerprint density at radius 3 is 2.03 bits per heavy atom. The predicted molar refractivity (Wildman–Crippen MR) is 122 cm³/mol. The second-order valence-corrected chi connectivity index (χ2v) is 6.80. The van der Waals surface area contributed by atoms with Gasteiger partial charge in [0, 0.05) is 22.5 Å². The molecular formula is C25H26N2O4. The quantitative estimate of drug-likeness (QED) is 0.489. The molecule has 0 aliphatic heterocycles. The van der Waals surface area contributed by atoms with Gasteiger partial charge in [-0.2, -0.15) is 0 Å². The van der Waals surface area contributed by atoms with Crippen molar-refractivity contribution < 1.29 is 19.1 Å². The largest absolute Gasteiger partial charge is 0.490 e. The van der Waals surface area contributed by atoms with Crippen molar-refractivity contribution in [1.82, 2.24) is 0 Å². The predicted octanol–water partition coefficient (Wildman–Crippen LogP) is 5.38. The van der Waals surface area contributed by atoms with Crippen LogP contribution in [-0.4, -0.2) is 25.0 Å². The Labute approximate surface area is 182 Å². The summed E-state index contributed by atoms with van der Waals surface area (Å²) in [5.74, 6) is 0.654. The smallest absolute Gasteiger partial charge is 0.255 e. The third-order valence-electron chi connectivity index (χ3n) is 4.38. The highest BCUT2D eigenvalue weighted by Gasteiger charge is 2.13. The van der Waals surface area contributed by atoms with E-state index in [-0.39, 0.29) is 11.8 Å². The van der Waals surface area contributed by atoms with E-state index in [0.29, 0.717) is 47.2 Å². The molecule has 0 spiro atoms. The van der Waals surface area contributed by atoms with Crippen molar-refractivity contribution in [2.75, 3.05) is 23.8 Å². The third kappa shape index (κ3) is 6.09. The minimum Gasteiger partial charge on any atom is -0.490 e. The first kappa shape index (κ1) is 21.9. The molecule has 0 aromatic heterocycles. The second kappa shape index (κ2) is 10.8. The van der Waals surface area contributed by atoms with Crippen LogP contribution in [0.2, 0.25) is 0 Å². The maximum Gasteiger partial charge on any atom is 0.255 e. The molecule has 3 aromatic rings. The number of ether oxygens (including phenoxy) is 2. The Hall–Kier alpha value is -3.80. The summed E-state index contributed by atoms with van der Waals surface area (Å²) in [5.41, 5.74) is 2.17. The van der Waals surface area contributed by atoms with Crippen LogP contribution in [0.1, 0.15) is 41.0 Å². The summed E-state index contributed by atoms with van der Waals surface area (Å²) in [6.45, 7) is 4.95. The molecule has 0 aliphatic rings. The first-order valence-electron chi connectivity index (χ1n) is 10.3. The number of hydrogen-bond acceptors (Lipinski definition) is 4. The number of benzene rings is 3. The van der Waals surface area contributed by atoms with E-state index in [9.17, 15) is 9.59 Å². The second-order valence-electron chi connectivity index (χ2n) is 6.80. The molecule has 160 valence electrons. The van der Waals surface area contributed by atoms with Crippen LogP contribution in [0.15, 0.2) is 72.8 Å². The topological polar surface area (TPSA) is 76.7 Å². The average Bonchev–Trinajstić information content (AvgIpc) is 2.79. The Morgan fingerprint density at radius 1 is 0.710 bits per heavy atom. The van der Waals surface area contributed by atoms with Gasteiger partial charge in [0.25, 0.3) is 11.8 Å². The molecule has 6 nitrogen and oxygen atoms in total. The van der Waals surface area contributed by atoms with Gasteiger partial charge in [-0.1, -0.05) is 31.2 Å². The fraction of sp³-hybridized carbons (Fsp3) is 0.200. The maximum atomic E-state index is 12.8. The molecule has 6 heteroatoms. The highest BCUT2D eigenvalue weighted by molar-refractivity contribution is 6.06. The summed E-state index contributed by atoms with van der Waals surface area (Å²) in [6.07, 6.45) is 0.880. The van der Waals surface area contributed by atoms with Gasteiger partial charge in [-0.15, -0.1) is 0 Å². The van der Waals surface area contributed by atoms with Gasteiger partial charge in [0.05, 0.1) is 13.2 Å². The number of nitrogens with one attached hydrogen (secondary N) is 2. The minimum absolute atomic E-state index is 0.215. The molecule has 0 fully saturated rings. The van der Waals surface area contributed by atoms with E-state index in [4.69, 9.17) is 9.47 Å². The number of rotatable bonds is 9. The summed E-state index contributed by atoms with van der Waals surface area (Å²) in [7, 11) is 0. The van der Waals surface area contributed by atoms with Crippen molar-refractivity contribution in [3.8, 4) is 11.5 Å². The van der Waals surface area contributed by atoms with Gasteiger partial charge in [0.2, 0.25) is 0 Å². The van der Waals surface area contributed by atoms with Gasteiger partial charge >= 0.3 is 0 Å². The first-order chi connectivity index (χ1) is 15.1. The van der Waals surface area contributed by atoms with Crippen LogP contribution >= 0.6 is 0 Å². The molecule has 0 saturated heterocycles. The van der Waals surface area contributed by atoms with Crippen LogP contribution in [0.25, 0.3) is 0 Å². The lowest BCUT2D eigenvalue weighted by Crippen LogP contribution is -2.14. The number of amides is 2. The number of carbonyl (C=O) groups is 2. The zero-order valence-corrected chi connectivity index (χ0v) is 17.7. The Bertz CT molecular complexity index is 1030. The van der Waals surface area contributed by atoms with Crippen LogP contribution in [0, 0.1) is 0 Å². The van der Waals surface area contributed by atoms with E-state index in [0.717, 1.165) is 6.42 Å². The first-order valence-corrected chi connectivity index (χ1v) is 10.3. The highest BCUT2D eigenvalue weighted by Crippen LogP contribution is 2.29. The van der Waals surface area contributed by atoms with Gasteiger partial charge in [-0.3, -0.25) is 9.59 Å². The fourth-order valence-electron chi connectivity index (χ4n) is 2.92. The van der Waals surface area contributed by atoms with E-state index in [1.807, 2.05) is 19.9 Å². The maximum absolute atomic E-state index is 12.8.